The summed E-state index contributed by atoms with van der Waals surface area (Å²) in [5.74, 6) is -2.46. The second kappa shape index (κ2) is 7.96. The summed E-state index contributed by atoms with van der Waals surface area (Å²) in [5, 5.41) is 5.04. The lowest BCUT2D eigenvalue weighted by molar-refractivity contribution is -0.122. The van der Waals surface area contributed by atoms with Crippen molar-refractivity contribution < 1.29 is 26.7 Å². The Kier molecular flexibility index (Phi) is 5.77. The molecule has 0 radical (unpaired) electrons. The predicted molar refractivity (Wildman–Crippen MR) is 97.2 cm³/mol. The van der Waals surface area contributed by atoms with Crippen molar-refractivity contribution in [3.63, 3.8) is 0 Å². The van der Waals surface area contributed by atoms with Gasteiger partial charge in [-0.15, -0.1) is 0 Å². The lowest BCUT2D eigenvalue weighted by Gasteiger charge is -2.20. The molecule has 2 N–H and O–H groups in total. The molecule has 1 atom stereocenters. The molecule has 156 valence electrons. The zero-order valence-electron chi connectivity index (χ0n) is 15.6. The van der Waals surface area contributed by atoms with Gasteiger partial charge in [0.2, 0.25) is 5.91 Å². The van der Waals surface area contributed by atoms with Crippen LogP contribution in [0.4, 0.5) is 27.8 Å². The van der Waals surface area contributed by atoms with Gasteiger partial charge >= 0.3 is 6.18 Å². The summed E-state index contributed by atoms with van der Waals surface area (Å²) < 4.78 is 64.9. The molecule has 1 unspecified atom stereocenters. The summed E-state index contributed by atoms with van der Waals surface area (Å²) in [4.78, 5) is 16.7. The van der Waals surface area contributed by atoms with E-state index in [-0.39, 0.29) is 17.8 Å². The highest BCUT2D eigenvalue weighted by Crippen LogP contribution is 2.45. The zero-order valence-corrected chi connectivity index (χ0v) is 15.6. The van der Waals surface area contributed by atoms with E-state index in [4.69, 9.17) is 0 Å². The number of carbonyl (C=O) groups is 1. The molecular weight excluding hydrogens is 393 g/mol. The zero-order chi connectivity index (χ0) is 21.2. The number of halogens is 5. The van der Waals surface area contributed by atoms with Gasteiger partial charge < -0.3 is 10.6 Å². The molecule has 0 aliphatic heterocycles. The summed E-state index contributed by atoms with van der Waals surface area (Å²) in [6.45, 7) is 0.342. The van der Waals surface area contributed by atoms with Crippen LogP contribution in [0.3, 0.4) is 0 Å². The Hall–Kier alpha value is -2.71. The van der Waals surface area contributed by atoms with Crippen LogP contribution in [0.1, 0.15) is 43.4 Å². The first-order valence-corrected chi connectivity index (χ1v) is 9.13. The summed E-state index contributed by atoms with van der Waals surface area (Å²) in [7, 11) is 0. The number of amides is 1. The average molecular weight is 413 g/mol. The first-order chi connectivity index (χ1) is 13.6. The van der Waals surface area contributed by atoms with Crippen LogP contribution in [0.2, 0.25) is 0 Å². The van der Waals surface area contributed by atoms with Crippen LogP contribution in [-0.2, 0) is 10.3 Å². The van der Waals surface area contributed by atoms with E-state index in [0.29, 0.717) is 18.5 Å². The third-order valence-corrected chi connectivity index (χ3v) is 4.82. The monoisotopic (exact) mass is 413 g/mol. The molecule has 2 aromatic rings. The molecular formula is C20H20F5N3O. The van der Waals surface area contributed by atoms with E-state index in [2.05, 4.69) is 15.6 Å². The predicted octanol–water partition coefficient (Wildman–Crippen LogP) is 4.63. The first-order valence-electron chi connectivity index (χ1n) is 9.13. The van der Waals surface area contributed by atoms with E-state index in [1.54, 1.807) is 19.1 Å². The van der Waals surface area contributed by atoms with Gasteiger partial charge in [-0.1, -0.05) is 19.1 Å². The number of nitrogens with zero attached hydrogens (tertiary/aromatic N) is 1. The highest BCUT2D eigenvalue weighted by atomic mass is 19.4. The fraction of sp³-hybridized carbons (Fsp3) is 0.400. The van der Waals surface area contributed by atoms with Gasteiger partial charge in [0, 0.05) is 12.0 Å². The summed E-state index contributed by atoms with van der Waals surface area (Å²) >= 11 is 0. The van der Waals surface area contributed by atoms with Crippen LogP contribution < -0.4 is 10.6 Å². The Morgan fingerprint density at radius 3 is 2.34 bits per heavy atom. The van der Waals surface area contributed by atoms with Crippen molar-refractivity contribution in [1.29, 1.82) is 0 Å². The number of hydrogen-bond donors (Lipinski definition) is 2. The van der Waals surface area contributed by atoms with E-state index in [1.165, 1.54) is 12.1 Å². The number of anilines is 1. The minimum absolute atomic E-state index is 0.0575. The minimum atomic E-state index is -4.37. The SMILES string of the molecule is CC(CC(=O)NC1(c2cccc(NCC(F)(F)F)n2)CC1)c1c(F)cccc1F. The highest BCUT2D eigenvalue weighted by molar-refractivity contribution is 5.78. The van der Waals surface area contributed by atoms with Crippen LogP contribution in [0.5, 0.6) is 0 Å². The fourth-order valence-electron chi connectivity index (χ4n) is 3.24. The summed E-state index contributed by atoms with van der Waals surface area (Å²) in [6, 6.07) is 8.13. The van der Waals surface area contributed by atoms with Crippen molar-refractivity contribution in [3.05, 3.63) is 59.3 Å². The molecule has 4 nitrogen and oxygen atoms in total. The molecule has 9 heteroatoms. The molecule has 0 spiro atoms. The standard InChI is InChI=1S/C20H20F5N3O/c1-12(18-13(21)4-2-5-14(18)22)10-17(29)28-19(8-9-19)15-6-3-7-16(27-15)26-11-20(23,24)25/h2-7,12H,8-11H2,1H3,(H,26,27)(H,28,29). The lowest BCUT2D eigenvalue weighted by atomic mass is 9.96. The molecule has 0 saturated heterocycles. The Labute approximate surface area is 164 Å². The number of rotatable bonds is 7. The molecule has 3 rings (SSSR count). The topological polar surface area (TPSA) is 54.0 Å². The number of nitrogens with one attached hydrogen (secondary N) is 2. The van der Waals surface area contributed by atoms with Crippen LogP contribution in [0, 0.1) is 11.6 Å². The van der Waals surface area contributed by atoms with Gasteiger partial charge in [0.05, 0.1) is 11.2 Å². The number of carbonyl (C=O) groups excluding carboxylic acids is 1. The van der Waals surface area contributed by atoms with Gasteiger partial charge in [0.1, 0.15) is 24.0 Å². The van der Waals surface area contributed by atoms with Gasteiger partial charge in [0.25, 0.3) is 0 Å². The molecule has 29 heavy (non-hydrogen) atoms. The number of hydrogen-bond acceptors (Lipinski definition) is 3. The Balaban J connectivity index is 1.66. The van der Waals surface area contributed by atoms with Crippen molar-refractivity contribution in [1.82, 2.24) is 10.3 Å². The summed E-state index contributed by atoms with van der Waals surface area (Å²) in [6.07, 6.45) is -3.35. The molecule has 1 saturated carbocycles. The molecule has 1 aromatic carbocycles. The molecule has 1 aromatic heterocycles. The maximum absolute atomic E-state index is 13.9. The number of aromatic nitrogens is 1. The van der Waals surface area contributed by atoms with Crippen LogP contribution in [0.15, 0.2) is 36.4 Å². The Bertz CT molecular complexity index is 876. The second-order valence-electron chi connectivity index (χ2n) is 7.25. The Morgan fingerprint density at radius 1 is 1.14 bits per heavy atom. The molecule has 1 aliphatic rings. The maximum Gasteiger partial charge on any atom is 0.405 e. The molecule has 1 amide bonds. The largest absolute Gasteiger partial charge is 0.405 e. The Morgan fingerprint density at radius 2 is 1.76 bits per heavy atom. The van der Waals surface area contributed by atoms with Crippen LogP contribution in [-0.4, -0.2) is 23.6 Å². The van der Waals surface area contributed by atoms with Crippen LogP contribution in [0.25, 0.3) is 0 Å². The average Bonchev–Trinajstić information content (AvgIpc) is 3.40. The van der Waals surface area contributed by atoms with Gasteiger partial charge in [0.15, 0.2) is 0 Å². The van der Waals surface area contributed by atoms with Crippen molar-refractivity contribution in [3.8, 4) is 0 Å². The lowest BCUT2D eigenvalue weighted by Crippen LogP contribution is -2.36. The quantitative estimate of drug-likeness (QED) is 0.651. The normalized spacial score (nSPS) is 16.2. The van der Waals surface area contributed by atoms with Crippen molar-refractivity contribution in [2.75, 3.05) is 11.9 Å². The second-order valence-corrected chi connectivity index (χ2v) is 7.25. The van der Waals surface area contributed by atoms with E-state index < -0.39 is 41.7 Å². The minimum Gasteiger partial charge on any atom is -0.361 e. The third-order valence-electron chi connectivity index (χ3n) is 4.82. The number of alkyl halides is 3. The van der Waals surface area contributed by atoms with Crippen LogP contribution >= 0.6 is 0 Å². The number of benzene rings is 1. The molecule has 1 fully saturated rings. The van der Waals surface area contributed by atoms with E-state index in [0.717, 1.165) is 12.1 Å². The highest BCUT2D eigenvalue weighted by Gasteiger charge is 2.47. The molecule has 0 bridgehead atoms. The van der Waals surface area contributed by atoms with Crippen molar-refractivity contribution in [2.24, 2.45) is 0 Å². The van der Waals surface area contributed by atoms with Gasteiger partial charge in [-0.25, -0.2) is 13.8 Å². The molecule has 1 aliphatic carbocycles. The molecule has 1 heterocycles. The van der Waals surface area contributed by atoms with Crippen molar-refractivity contribution >= 4 is 11.7 Å². The van der Waals surface area contributed by atoms with E-state index in [9.17, 15) is 26.7 Å². The van der Waals surface area contributed by atoms with Gasteiger partial charge in [-0.2, -0.15) is 13.2 Å². The maximum atomic E-state index is 13.9. The summed E-state index contributed by atoms with van der Waals surface area (Å²) in [5.41, 5.74) is -0.466. The first kappa shape index (κ1) is 21.0. The third kappa shape index (κ3) is 5.21. The van der Waals surface area contributed by atoms with Crippen molar-refractivity contribution in [2.45, 2.75) is 43.8 Å². The van der Waals surface area contributed by atoms with Gasteiger partial charge in [-0.05, 0) is 43.0 Å². The smallest absolute Gasteiger partial charge is 0.361 e. The number of pyridine rings is 1. The van der Waals surface area contributed by atoms with E-state index in [1.807, 2.05) is 0 Å². The fourth-order valence-corrected chi connectivity index (χ4v) is 3.24. The van der Waals surface area contributed by atoms with E-state index >= 15 is 0 Å². The van der Waals surface area contributed by atoms with Gasteiger partial charge in [-0.3, -0.25) is 4.79 Å².